The summed E-state index contributed by atoms with van der Waals surface area (Å²) in [6.45, 7) is 12.7. The van der Waals surface area contributed by atoms with Gasteiger partial charge in [0.2, 0.25) is 0 Å². The number of hydrogen-bond donors (Lipinski definition) is 1. The third-order valence-corrected chi connectivity index (χ3v) is 3.75. The van der Waals surface area contributed by atoms with Crippen LogP contribution in [0.4, 0.5) is 0 Å². The molecule has 0 bridgehead atoms. The number of benzene rings is 1. The van der Waals surface area contributed by atoms with Gasteiger partial charge in [0.25, 0.3) is 0 Å². The van der Waals surface area contributed by atoms with E-state index in [1.807, 2.05) is 6.92 Å². The van der Waals surface area contributed by atoms with Gasteiger partial charge >= 0.3 is 0 Å². The van der Waals surface area contributed by atoms with E-state index in [-0.39, 0.29) is 5.41 Å². The van der Waals surface area contributed by atoms with Crippen molar-refractivity contribution in [2.45, 2.75) is 47.1 Å². The van der Waals surface area contributed by atoms with E-state index >= 15 is 0 Å². The molecule has 1 atom stereocenters. The van der Waals surface area contributed by atoms with Gasteiger partial charge in [-0.1, -0.05) is 49.7 Å². The normalized spacial score (nSPS) is 13.4. The van der Waals surface area contributed by atoms with E-state index < -0.39 is 0 Å². The van der Waals surface area contributed by atoms with Crippen molar-refractivity contribution in [1.82, 2.24) is 5.32 Å². The van der Waals surface area contributed by atoms with Crippen molar-refractivity contribution >= 4 is 15.9 Å². The lowest BCUT2D eigenvalue weighted by molar-refractivity contribution is 0.272. The lowest BCUT2D eigenvalue weighted by Gasteiger charge is -2.33. The Bertz CT molecular complexity index is 398. The van der Waals surface area contributed by atoms with E-state index in [1.54, 1.807) is 0 Å². The monoisotopic (exact) mass is 327 g/mol. The Hall–Kier alpha value is -0.540. The molecule has 0 aliphatic heterocycles. The van der Waals surface area contributed by atoms with Crippen LogP contribution in [0.5, 0.6) is 5.75 Å². The van der Waals surface area contributed by atoms with Gasteiger partial charge in [-0.3, -0.25) is 0 Å². The molecule has 0 radical (unpaired) electrons. The van der Waals surface area contributed by atoms with E-state index in [0.717, 1.165) is 23.2 Å². The first-order chi connectivity index (χ1) is 8.90. The molecule has 2 nitrogen and oxygen atoms in total. The second-order valence-corrected chi connectivity index (χ2v) is 6.72. The maximum absolute atomic E-state index is 5.54. The molecule has 1 aromatic rings. The van der Waals surface area contributed by atoms with Gasteiger partial charge in [-0.05, 0) is 43.0 Å². The quantitative estimate of drug-likeness (QED) is 0.799. The second kappa shape index (κ2) is 7.30. The van der Waals surface area contributed by atoms with Crippen LogP contribution in [0.3, 0.4) is 0 Å². The summed E-state index contributed by atoms with van der Waals surface area (Å²) in [4.78, 5) is 0. The maximum Gasteiger partial charge on any atom is 0.120 e. The molecule has 0 aliphatic rings. The van der Waals surface area contributed by atoms with Crippen LogP contribution in [0.25, 0.3) is 0 Å². The third-order valence-electron chi connectivity index (χ3n) is 3.06. The van der Waals surface area contributed by atoms with Crippen molar-refractivity contribution in [2.24, 2.45) is 5.41 Å². The van der Waals surface area contributed by atoms with Crippen molar-refractivity contribution in [2.75, 3.05) is 13.2 Å². The molecular weight excluding hydrogens is 302 g/mol. The zero-order valence-corrected chi connectivity index (χ0v) is 14.3. The number of nitrogens with one attached hydrogen (secondary N) is 1. The fourth-order valence-electron chi connectivity index (χ4n) is 2.17. The molecule has 0 aliphatic carbocycles. The Morgan fingerprint density at radius 2 is 1.95 bits per heavy atom. The topological polar surface area (TPSA) is 21.3 Å². The van der Waals surface area contributed by atoms with Crippen molar-refractivity contribution in [3.8, 4) is 5.75 Å². The highest BCUT2D eigenvalue weighted by atomic mass is 79.9. The summed E-state index contributed by atoms with van der Waals surface area (Å²) in [6.07, 6.45) is 1.14. The van der Waals surface area contributed by atoms with Crippen molar-refractivity contribution in [3.05, 3.63) is 28.2 Å². The zero-order valence-electron chi connectivity index (χ0n) is 12.7. The number of rotatable bonds is 6. The lowest BCUT2D eigenvalue weighted by atomic mass is 9.82. The van der Waals surface area contributed by atoms with Crippen LogP contribution in [-0.4, -0.2) is 13.2 Å². The van der Waals surface area contributed by atoms with Crippen molar-refractivity contribution in [3.63, 3.8) is 0 Å². The Kier molecular flexibility index (Phi) is 6.34. The van der Waals surface area contributed by atoms with E-state index in [2.05, 4.69) is 67.1 Å². The molecule has 19 heavy (non-hydrogen) atoms. The van der Waals surface area contributed by atoms with Gasteiger partial charge in [0.1, 0.15) is 5.75 Å². The molecule has 0 saturated carbocycles. The van der Waals surface area contributed by atoms with Crippen molar-refractivity contribution < 1.29 is 4.74 Å². The van der Waals surface area contributed by atoms with Crippen molar-refractivity contribution in [1.29, 1.82) is 0 Å². The molecular formula is C16H26BrNO. The minimum Gasteiger partial charge on any atom is -0.494 e. The first-order valence-corrected chi connectivity index (χ1v) is 7.85. The predicted octanol–water partition coefficient (Wildman–Crippen LogP) is 4.93. The van der Waals surface area contributed by atoms with Gasteiger partial charge in [-0.15, -0.1) is 0 Å². The van der Waals surface area contributed by atoms with Gasteiger partial charge in [0, 0.05) is 10.5 Å². The first kappa shape index (κ1) is 16.5. The maximum atomic E-state index is 5.54. The Labute approximate surface area is 126 Å². The van der Waals surface area contributed by atoms with Crippen LogP contribution >= 0.6 is 15.9 Å². The number of hydrogen-bond acceptors (Lipinski definition) is 2. The predicted molar refractivity (Wildman–Crippen MR) is 85.8 cm³/mol. The molecule has 3 heteroatoms. The summed E-state index contributed by atoms with van der Waals surface area (Å²) >= 11 is 3.68. The van der Waals surface area contributed by atoms with Gasteiger partial charge in [-0.25, -0.2) is 0 Å². The van der Waals surface area contributed by atoms with Gasteiger partial charge in [0.05, 0.1) is 6.61 Å². The summed E-state index contributed by atoms with van der Waals surface area (Å²) in [7, 11) is 0. The van der Waals surface area contributed by atoms with E-state index in [0.29, 0.717) is 12.6 Å². The number of ether oxygens (including phenoxy) is 1. The summed E-state index contributed by atoms with van der Waals surface area (Å²) < 4.78 is 6.65. The second-order valence-electron chi connectivity index (χ2n) is 5.87. The summed E-state index contributed by atoms with van der Waals surface area (Å²) in [5, 5.41) is 3.65. The SMILES string of the molecule is CCCNC(c1ccc(OCC)cc1Br)C(C)(C)C. The highest BCUT2D eigenvalue weighted by Crippen LogP contribution is 2.37. The van der Waals surface area contributed by atoms with Gasteiger partial charge in [-0.2, -0.15) is 0 Å². The van der Waals surface area contributed by atoms with Crippen LogP contribution in [0.15, 0.2) is 22.7 Å². The zero-order chi connectivity index (χ0) is 14.5. The van der Waals surface area contributed by atoms with E-state index in [9.17, 15) is 0 Å². The van der Waals surface area contributed by atoms with Crippen LogP contribution in [0, 0.1) is 5.41 Å². The Morgan fingerprint density at radius 1 is 1.26 bits per heavy atom. The van der Waals surface area contributed by atoms with Crippen LogP contribution in [0.2, 0.25) is 0 Å². The minimum atomic E-state index is 0.171. The van der Waals surface area contributed by atoms with Crippen LogP contribution < -0.4 is 10.1 Å². The van der Waals surface area contributed by atoms with Crippen LogP contribution in [0.1, 0.15) is 52.6 Å². The van der Waals surface area contributed by atoms with Crippen LogP contribution in [-0.2, 0) is 0 Å². The Balaban J connectivity index is 3.02. The molecule has 0 spiro atoms. The van der Waals surface area contributed by atoms with E-state index in [4.69, 9.17) is 4.74 Å². The fourth-order valence-corrected chi connectivity index (χ4v) is 2.76. The molecule has 0 saturated heterocycles. The summed E-state index contributed by atoms with van der Waals surface area (Å²) in [5.41, 5.74) is 1.47. The minimum absolute atomic E-state index is 0.171. The molecule has 0 amide bonds. The molecule has 1 aromatic carbocycles. The Morgan fingerprint density at radius 3 is 2.42 bits per heavy atom. The molecule has 0 aromatic heterocycles. The number of halogens is 1. The summed E-state index contributed by atoms with van der Waals surface area (Å²) in [5.74, 6) is 0.918. The highest BCUT2D eigenvalue weighted by molar-refractivity contribution is 9.10. The molecule has 1 rings (SSSR count). The molecule has 1 N–H and O–H groups in total. The van der Waals surface area contributed by atoms with E-state index in [1.165, 1.54) is 5.56 Å². The molecule has 0 fully saturated rings. The average Bonchev–Trinajstić information content (AvgIpc) is 2.31. The molecule has 108 valence electrons. The third kappa shape index (κ3) is 4.81. The largest absolute Gasteiger partial charge is 0.494 e. The molecule has 0 heterocycles. The smallest absolute Gasteiger partial charge is 0.120 e. The summed E-state index contributed by atoms with van der Waals surface area (Å²) in [6, 6.07) is 6.60. The average molecular weight is 328 g/mol. The molecule has 1 unspecified atom stereocenters. The van der Waals surface area contributed by atoms with Gasteiger partial charge in [0.15, 0.2) is 0 Å². The standard InChI is InChI=1S/C16H26BrNO/c1-6-10-18-15(16(3,4)5)13-9-8-12(19-7-2)11-14(13)17/h8-9,11,15,18H,6-7,10H2,1-5H3. The first-order valence-electron chi connectivity index (χ1n) is 7.05. The van der Waals surface area contributed by atoms with Gasteiger partial charge < -0.3 is 10.1 Å². The fraction of sp³-hybridized carbons (Fsp3) is 0.625. The lowest BCUT2D eigenvalue weighted by Crippen LogP contribution is -2.33. The highest BCUT2D eigenvalue weighted by Gasteiger charge is 2.27.